The van der Waals surface area contributed by atoms with Crippen LogP contribution in [0.1, 0.15) is 171 Å². The second-order valence-corrected chi connectivity index (χ2v) is 31.1. The lowest BCUT2D eigenvalue weighted by molar-refractivity contribution is -0.118. The van der Waals surface area contributed by atoms with Crippen LogP contribution in [0.15, 0.2) is 239 Å². The number of carbonyl (C=O) groups is 6. The van der Waals surface area contributed by atoms with Gasteiger partial charge in [0.25, 0.3) is 0 Å². The van der Waals surface area contributed by atoms with E-state index < -0.39 is 0 Å². The number of aliphatic hydroxyl groups is 1. The van der Waals surface area contributed by atoms with Crippen molar-refractivity contribution in [3.63, 3.8) is 0 Å². The van der Waals surface area contributed by atoms with Gasteiger partial charge < -0.3 is 53.3 Å². The SMILES string of the molecule is C=C(O)c1cccc(OCc2cccnc2-c2ccnn2C(C)C)c1C=O.C=Cc1c(O)cc(N(C)C)cc1OCc1cccnc1-c1ccnn1C(C)C.COc1ccccc1N1C(=O)CC[C@H]1COc1cccc(C)c1C=O.Cc1cccc(OC[C@@H]2CCC(=O)N2c2ccccc2)c1C=O.Cc1nccc(OCc2cccnc2-c2ccnn2C(C)C)c1C=O. The summed E-state index contributed by atoms with van der Waals surface area (Å²) < 4.78 is 40.8. The number of carbonyl (C=O) groups excluding carboxylic acids is 6. The Bertz CT molecular complexity index is 6020. The van der Waals surface area contributed by atoms with Crippen LogP contribution in [0.3, 0.4) is 0 Å². The van der Waals surface area contributed by atoms with Crippen molar-refractivity contribution in [3.05, 3.63) is 305 Å². The first-order valence-corrected chi connectivity index (χ1v) is 41.9. The topological polar surface area (TPSA) is 313 Å². The number of rotatable bonds is 31. The number of hydrogen-bond donors (Lipinski definition) is 2. The quantitative estimate of drug-likeness (QED) is 0.0301. The Labute approximate surface area is 745 Å². The summed E-state index contributed by atoms with van der Waals surface area (Å²) in [6.45, 7) is 26.8. The molecule has 9 heterocycles. The Balaban J connectivity index is 0.000000155. The minimum Gasteiger partial charge on any atom is -0.508 e. The van der Waals surface area contributed by atoms with E-state index in [1.807, 2.05) is 186 Å². The Kier molecular flexibility index (Phi) is 32.9. The number of aldehydes is 4. The highest BCUT2D eigenvalue weighted by Crippen LogP contribution is 2.39. The highest BCUT2D eigenvalue weighted by atomic mass is 16.5. The smallest absolute Gasteiger partial charge is 0.227 e. The second-order valence-electron chi connectivity index (χ2n) is 31.1. The average Bonchev–Trinajstić information content (AvgIpc) is 1.63. The van der Waals surface area contributed by atoms with Gasteiger partial charge in [-0.05, 0) is 171 Å². The van der Waals surface area contributed by atoms with Crippen molar-refractivity contribution in [2.75, 3.05) is 49.1 Å². The third kappa shape index (κ3) is 22.9. The van der Waals surface area contributed by atoms with Gasteiger partial charge in [-0.25, -0.2) is 0 Å². The van der Waals surface area contributed by atoms with E-state index in [2.05, 4.69) is 89.9 Å². The average molecular weight is 1730 g/mol. The molecule has 2 aliphatic heterocycles. The predicted molar refractivity (Wildman–Crippen MR) is 495 cm³/mol. The molecular weight excluding hydrogens is 1620 g/mol. The van der Waals surface area contributed by atoms with E-state index >= 15 is 0 Å². The Morgan fingerprint density at radius 1 is 0.461 bits per heavy atom. The molecule has 0 unspecified atom stereocenters. The fraction of sp³-hybridized carbons (Fsp3) is 0.257. The van der Waals surface area contributed by atoms with Crippen molar-refractivity contribution in [2.24, 2.45) is 0 Å². The second kappa shape index (κ2) is 45.0. The van der Waals surface area contributed by atoms with Gasteiger partial charge in [0, 0.05) is 134 Å². The van der Waals surface area contributed by atoms with E-state index in [-0.39, 0.29) is 65.7 Å². The highest BCUT2D eigenvalue weighted by Gasteiger charge is 2.36. The number of hydrogen-bond acceptors (Lipinski definition) is 22. The summed E-state index contributed by atoms with van der Waals surface area (Å²) in [6, 6.07) is 56.3. The van der Waals surface area contributed by atoms with Gasteiger partial charge in [0.2, 0.25) is 11.8 Å². The van der Waals surface area contributed by atoms with E-state index in [0.717, 1.165) is 104 Å². The number of phenols is 1. The first-order chi connectivity index (χ1) is 61.9. The molecule has 0 saturated carbocycles. The van der Waals surface area contributed by atoms with Crippen LogP contribution in [0.5, 0.6) is 40.2 Å². The van der Waals surface area contributed by atoms with Crippen molar-refractivity contribution in [3.8, 4) is 74.4 Å². The molecule has 0 spiro atoms. The largest absolute Gasteiger partial charge is 0.508 e. The van der Waals surface area contributed by atoms with Crippen molar-refractivity contribution in [1.29, 1.82) is 0 Å². The Hall–Kier alpha value is -15.2. The summed E-state index contributed by atoms with van der Waals surface area (Å²) >= 11 is 0. The zero-order valence-electron chi connectivity index (χ0n) is 74.0. The first kappa shape index (κ1) is 93.5. The van der Waals surface area contributed by atoms with Gasteiger partial charge in [-0.1, -0.05) is 104 Å². The number of aryl methyl sites for hydroxylation is 3. The molecule has 2 fully saturated rings. The molecule has 0 aliphatic carbocycles. The molecule has 2 amide bonds. The number of methoxy groups -OCH3 is 1. The maximum atomic E-state index is 12.4. The van der Waals surface area contributed by atoms with E-state index in [0.29, 0.717) is 120 Å². The molecule has 7 aromatic heterocycles. The van der Waals surface area contributed by atoms with Crippen molar-refractivity contribution in [1.82, 2.24) is 49.3 Å². The molecule has 0 bridgehead atoms. The van der Waals surface area contributed by atoms with Crippen LogP contribution in [-0.2, 0) is 29.4 Å². The molecular formula is C101H107N13O14. The summed E-state index contributed by atoms with van der Waals surface area (Å²) in [5, 5.41) is 33.1. The number of nitrogens with zero attached hydrogens (tertiary/aromatic N) is 13. The van der Waals surface area contributed by atoms with Crippen LogP contribution < -0.4 is 43.1 Å². The van der Waals surface area contributed by atoms with Crippen LogP contribution in [0.4, 0.5) is 17.1 Å². The maximum Gasteiger partial charge on any atom is 0.227 e. The molecule has 2 atom stereocenters. The lowest BCUT2D eigenvalue weighted by Gasteiger charge is -2.26. The molecule has 27 nitrogen and oxygen atoms in total. The number of aliphatic hydroxyl groups excluding tert-OH is 1. The van der Waals surface area contributed by atoms with Crippen molar-refractivity contribution < 1.29 is 67.4 Å². The molecule has 0 radical (unpaired) electrons. The zero-order valence-corrected chi connectivity index (χ0v) is 74.0. The molecule has 2 saturated heterocycles. The lowest BCUT2D eigenvalue weighted by Crippen LogP contribution is -2.37. The molecule has 27 heteroatoms. The highest BCUT2D eigenvalue weighted by molar-refractivity contribution is 5.98. The van der Waals surface area contributed by atoms with Crippen LogP contribution in [0, 0.1) is 20.8 Å². The minimum absolute atomic E-state index is 0.00934. The minimum atomic E-state index is -0.176. The van der Waals surface area contributed by atoms with Crippen molar-refractivity contribution >= 4 is 65.9 Å². The third-order valence-corrected chi connectivity index (χ3v) is 21.3. The van der Waals surface area contributed by atoms with Gasteiger partial charge in [-0.2, -0.15) is 15.3 Å². The van der Waals surface area contributed by atoms with Gasteiger partial charge >= 0.3 is 0 Å². The van der Waals surface area contributed by atoms with Gasteiger partial charge in [0.1, 0.15) is 79.0 Å². The van der Waals surface area contributed by atoms with Crippen molar-refractivity contribution in [2.45, 2.75) is 138 Å². The standard InChI is InChI=1S/C22H26N4O2.C21H21N3O3.C20H21NO4.C19H20N4O2.C19H19NO3/c1-6-18-20(27)12-17(25(4)5)13-21(18)28-14-16-8-7-10-23-22(16)19-9-11-24-26(19)15(2)3;1-14(2)24-19(9-11-23-24)21-16(6-5-10-22-21)13-27-20-8-4-7-17(15(3)26)18(20)12-25;1-14-6-5-9-18(16(14)12-22)25-13-15-10-11-20(23)21(15)17-7-3-4-8-19(17)24-2;1-13(2)23-17(6-10-22-23)19-15(5-4-8-21-19)12-25-18-7-9-20-14(3)16(18)11-24;1-14-6-5-9-18(17(14)12-21)23-13-16-10-11-19(22)20(16)15-7-3-2-4-8-15/h6-13,15,27H,1,14H2,2-5H3;4-12,14,26H,3,13H2,1-2H3;3-9,12,15H,10-11,13H2,1-2H3;4-11,13H,12H2,1-3H3;2-9,12,16H,10-11,13H2,1H3/t;;15-;;16-/m..0.0/s1. The number of amides is 2. The lowest BCUT2D eigenvalue weighted by atomic mass is 10.1. The fourth-order valence-corrected chi connectivity index (χ4v) is 14.7. The van der Waals surface area contributed by atoms with Gasteiger partial charge in [0.05, 0.1) is 92.6 Å². The van der Waals surface area contributed by atoms with E-state index in [1.54, 1.807) is 116 Å². The summed E-state index contributed by atoms with van der Waals surface area (Å²) in [5.41, 5.74) is 15.6. The third-order valence-electron chi connectivity index (χ3n) is 21.3. The van der Waals surface area contributed by atoms with Crippen LogP contribution >= 0.6 is 0 Å². The van der Waals surface area contributed by atoms with Gasteiger partial charge in [-0.3, -0.25) is 62.7 Å². The molecule has 2 aliphatic rings. The first-order valence-electron chi connectivity index (χ1n) is 41.9. The van der Waals surface area contributed by atoms with Crippen LogP contribution in [0.2, 0.25) is 0 Å². The molecule has 2 N–H and O–H groups in total. The number of para-hydroxylation sites is 3. The number of benzene rings is 6. The van der Waals surface area contributed by atoms with E-state index in [1.165, 1.54) is 0 Å². The number of anilines is 3. The Morgan fingerprint density at radius 2 is 0.883 bits per heavy atom. The summed E-state index contributed by atoms with van der Waals surface area (Å²) in [4.78, 5) is 93.1. The molecule has 660 valence electrons. The summed E-state index contributed by atoms with van der Waals surface area (Å²) in [5.74, 6) is 3.40. The number of ether oxygens (including phenoxy) is 6. The summed E-state index contributed by atoms with van der Waals surface area (Å²) in [6.07, 6.45) is 19.3. The molecule has 128 heavy (non-hydrogen) atoms. The summed E-state index contributed by atoms with van der Waals surface area (Å²) in [7, 11) is 5.42. The van der Waals surface area contributed by atoms with Crippen LogP contribution in [-0.4, -0.2) is 143 Å². The Morgan fingerprint density at radius 3 is 1.33 bits per heavy atom. The fourth-order valence-electron chi connectivity index (χ4n) is 14.7. The van der Waals surface area contributed by atoms with Gasteiger partial charge in [0.15, 0.2) is 25.1 Å². The molecule has 13 aromatic rings. The maximum absolute atomic E-state index is 12.4. The number of aromatic hydroxyl groups is 1. The number of pyridine rings is 4. The zero-order chi connectivity index (χ0) is 91.5. The molecule has 6 aromatic carbocycles. The normalized spacial score (nSPS) is 13.2. The van der Waals surface area contributed by atoms with Gasteiger partial charge in [-0.15, -0.1) is 0 Å². The number of phenolic OH excluding ortho intramolecular Hbond substituents is 1. The van der Waals surface area contributed by atoms with E-state index in [9.17, 15) is 39.0 Å². The number of aromatic nitrogens is 10. The predicted octanol–water partition coefficient (Wildman–Crippen LogP) is 19.4. The molecule has 15 rings (SSSR count). The van der Waals surface area contributed by atoms with Crippen LogP contribution in [0.25, 0.3) is 46.0 Å². The van der Waals surface area contributed by atoms with E-state index in [4.69, 9.17) is 28.4 Å². The monoisotopic (exact) mass is 1730 g/mol.